The Labute approximate surface area is 182 Å². The van der Waals surface area contributed by atoms with Crippen molar-refractivity contribution in [1.82, 2.24) is 15.2 Å². The third kappa shape index (κ3) is 4.48. The molecule has 6 nitrogen and oxygen atoms in total. The lowest BCUT2D eigenvalue weighted by molar-refractivity contribution is -0.125. The zero-order chi connectivity index (χ0) is 22.0. The van der Waals surface area contributed by atoms with E-state index in [1.165, 1.54) is 0 Å². The third-order valence-electron chi connectivity index (χ3n) is 6.32. The summed E-state index contributed by atoms with van der Waals surface area (Å²) < 4.78 is 5.81. The van der Waals surface area contributed by atoms with Crippen LogP contribution in [0.5, 0.6) is 0 Å². The Morgan fingerprint density at radius 3 is 2.61 bits per heavy atom. The number of benzene rings is 2. The van der Waals surface area contributed by atoms with Gasteiger partial charge in [0.05, 0.1) is 0 Å². The van der Waals surface area contributed by atoms with E-state index in [-0.39, 0.29) is 29.8 Å². The summed E-state index contributed by atoms with van der Waals surface area (Å²) in [5.74, 6) is 0.604. The summed E-state index contributed by atoms with van der Waals surface area (Å²) >= 11 is 0. The number of nitrogens with zero attached hydrogens (tertiary/aromatic N) is 2. The molecule has 2 aromatic carbocycles. The lowest BCUT2D eigenvalue weighted by Crippen LogP contribution is -2.38. The number of hydrogen-bond donors (Lipinski definition) is 1. The van der Waals surface area contributed by atoms with E-state index in [2.05, 4.69) is 17.2 Å². The van der Waals surface area contributed by atoms with E-state index in [9.17, 15) is 9.59 Å². The topological polar surface area (TPSA) is 75.4 Å². The second-order valence-electron chi connectivity index (χ2n) is 8.46. The fourth-order valence-corrected chi connectivity index (χ4v) is 4.13. The van der Waals surface area contributed by atoms with Gasteiger partial charge >= 0.3 is 0 Å². The van der Waals surface area contributed by atoms with E-state index in [1.54, 1.807) is 4.90 Å². The van der Waals surface area contributed by atoms with E-state index in [0.29, 0.717) is 17.9 Å². The first-order chi connectivity index (χ1) is 15.0. The van der Waals surface area contributed by atoms with Gasteiger partial charge in [-0.15, -0.1) is 0 Å². The molecule has 2 amide bonds. The number of carbonyl (C=O) groups excluding carboxylic acids is 2. The average molecular weight is 420 g/mol. The van der Waals surface area contributed by atoms with Gasteiger partial charge in [-0.3, -0.25) is 9.59 Å². The maximum atomic E-state index is 13.0. The molecule has 1 aliphatic rings. The molecule has 1 N–H and O–H groups in total. The Bertz CT molecular complexity index is 1040. The molecule has 3 atom stereocenters. The molecule has 1 heterocycles. The van der Waals surface area contributed by atoms with Crippen LogP contribution in [0, 0.1) is 5.92 Å². The summed E-state index contributed by atoms with van der Waals surface area (Å²) in [6, 6.07) is 15.2. The molecule has 1 saturated carbocycles. The number of hydrogen-bond acceptors (Lipinski definition) is 4. The van der Waals surface area contributed by atoms with E-state index in [0.717, 1.165) is 35.9 Å². The van der Waals surface area contributed by atoms with Gasteiger partial charge in [0.25, 0.3) is 5.91 Å². The molecule has 0 aliphatic heterocycles. The first-order valence-corrected chi connectivity index (χ1v) is 11.0. The predicted molar refractivity (Wildman–Crippen MR) is 121 cm³/mol. The number of amides is 2. The molecule has 4 rings (SSSR count). The summed E-state index contributed by atoms with van der Waals surface area (Å²) in [5, 5.41) is 3.07. The van der Waals surface area contributed by atoms with Gasteiger partial charge in [-0.2, -0.15) is 0 Å². The number of para-hydroxylation sites is 2. The molecule has 31 heavy (non-hydrogen) atoms. The number of aromatic nitrogens is 1. The molecule has 0 radical (unpaired) electrons. The van der Waals surface area contributed by atoms with Crippen molar-refractivity contribution < 1.29 is 14.0 Å². The van der Waals surface area contributed by atoms with Crippen molar-refractivity contribution in [2.45, 2.75) is 51.6 Å². The summed E-state index contributed by atoms with van der Waals surface area (Å²) in [6.45, 7) is 4.08. The van der Waals surface area contributed by atoms with Crippen LogP contribution in [-0.2, 0) is 4.79 Å². The lowest BCUT2D eigenvalue weighted by Gasteiger charge is -2.25. The first-order valence-electron chi connectivity index (χ1n) is 11.0. The van der Waals surface area contributed by atoms with Crippen molar-refractivity contribution in [2.24, 2.45) is 5.92 Å². The van der Waals surface area contributed by atoms with Crippen molar-refractivity contribution in [3.8, 4) is 11.5 Å². The van der Waals surface area contributed by atoms with Gasteiger partial charge in [-0.25, -0.2) is 4.98 Å². The Balaban J connectivity index is 1.40. The van der Waals surface area contributed by atoms with Gasteiger partial charge in [0.1, 0.15) is 5.52 Å². The maximum Gasteiger partial charge on any atom is 0.253 e. The zero-order valence-electron chi connectivity index (χ0n) is 18.3. The molecule has 6 heteroatoms. The van der Waals surface area contributed by atoms with Crippen LogP contribution >= 0.6 is 0 Å². The Hall–Kier alpha value is -3.15. The second-order valence-corrected chi connectivity index (χ2v) is 8.46. The number of carbonyl (C=O) groups is 2. The molecular weight excluding hydrogens is 390 g/mol. The largest absolute Gasteiger partial charge is 0.436 e. The molecule has 1 aromatic heterocycles. The van der Waals surface area contributed by atoms with Crippen molar-refractivity contribution in [1.29, 1.82) is 0 Å². The monoisotopic (exact) mass is 419 g/mol. The number of fused-ring (bicyclic) bond motifs is 1. The van der Waals surface area contributed by atoms with Crippen LogP contribution in [0.4, 0.5) is 0 Å². The van der Waals surface area contributed by atoms with Crippen LogP contribution in [0.15, 0.2) is 52.9 Å². The lowest BCUT2D eigenvalue weighted by atomic mass is 10.1. The fourth-order valence-electron chi connectivity index (χ4n) is 4.13. The highest BCUT2D eigenvalue weighted by atomic mass is 16.3. The van der Waals surface area contributed by atoms with Gasteiger partial charge in [-0.05, 0) is 69.0 Å². The van der Waals surface area contributed by atoms with E-state index >= 15 is 0 Å². The van der Waals surface area contributed by atoms with Crippen LogP contribution in [0.2, 0.25) is 0 Å². The van der Waals surface area contributed by atoms with E-state index < -0.39 is 0 Å². The van der Waals surface area contributed by atoms with Gasteiger partial charge in [0.2, 0.25) is 11.8 Å². The van der Waals surface area contributed by atoms with Gasteiger partial charge in [0.15, 0.2) is 5.58 Å². The normalized spacial score (nSPS) is 19.3. The van der Waals surface area contributed by atoms with Crippen molar-refractivity contribution in [2.75, 3.05) is 7.05 Å². The Morgan fingerprint density at radius 1 is 1.16 bits per heavy atom. The molecule has 0 spiro atoms. The molecular formula is C25H29N3O3. The maximum absolute atomic E-state index is 13.0. The Kier molecular flexibility index (Phi) is 6.07. The van der Waals surface area contributed by atoms with Crippen molar-refractivity contribution in [3.63, 3.8) is 0 Å². The highest BCUT2D eigenvalue weighted by molar-refractivity contribution is 5.95. The number of nitrogens with one attached hydrogen (secondary N) is 1. The molecule has 3 aromatic rings. The van der Waals surface area contributed by atoms with Crippen molar-refractivity contribution >= 4 is 22.9 Å². The highest BCUT2D eigenvalue weighted by Crippen LogP contribution is 2.30. The van der Waals surface area contributed by atoms with Crippen molar-refractivity contribution in [3.05, 3.63) is 54.1 Å². The van der Waals surface area contributed by atoms with Gasteiger partial charge in [-0.1, -0.05) is 19.1 Å². The first kappa shape index (κ1) is 21.1. The summed E-state index contributed by atoms with van der Waals surface area (Å²) in [4.78, 5) is 31.7. The van der Waals surface area contributed by atoms with E-state index in [1.807, 2.05) is 62.5 Å². The molecule has 1 aliphatic carbocycles. The number of rotatable bonds is 6. The fraction of sp³-hybridized carbons (Fsp3) is 0.400. The highest BCUT2D eigenvalue weighted by Gasteiger charge is 2.34. The molecule has 0 unspecified atom stereocenters. The zero-order valence-corrected chi connectivity index (χ0v) is 18.3. The SMILES string of the molecule is CC[C@H](C)NC(=O)[C@H]1CC[C@@H](N(C)C(=O)c2ccc(-c3nc4ccccc4o3)cc2)C1. The smallest absolute Gasteiger partial charge is 0.253 e. The van der Waals surface area contributed by atoms with Crippen LogP contribution in [-0.4, -0.2) is 40.8 Å². The predicted octanol–water partition coefficient (Wildman–Crippen LogP) is 4.65. The molecule has 162 valence electrons. The number of oxazole rings is 1. The minimum Gasteiger partial charge on any atom is -0.436 e. The Morgan fingerprint density at radius 2 is 1.90 bits per heavy atom. The van der Waals surface area contributed by atoms with Crippen LogP contribution < -0.4 is 5.32 Å². The molecule has 0 saturated heterocycles. The minimum atomic E-state index is -0.0305. The van der Waals surface area contributed by atoms with Crippen LogP contribution in [0.25, 0.3) is 22.6 Å². The van der Waals surface area contributed by atoms with Gasteiger partial charge in [0, 0.05) is 36.2 Å². The second kappa shape index (κ2) is 8.92. The summed E-state index contributed by atoms with van der Waals surface area (Å²) in [6.07, 6.45) is 3.30. The van der Waals surface area contributed by atoms with E-state index in [4.69, 9.17) is 4.42 Å². The molecule has 1 fully saturated rings. The quantitative estimate of drug-likeness (QED) is 0.631. The average Bonchev–Trinajstić information content (AvgIpc) is 3.45. The minimum absolute atomic E-state index is 0.0178. The summed E-state index contributed by atoms with van der Waals surface area (Å²) in [7, 11) is 1.83. The van der Waals surface area contributed by atoms with Crippen LogP contribution in [0.1, 0.15) is 49.9 Å². The van der Waals surface area contributed by atoms with Gasteiger partial charge < -0.3 is 14.6 Å². The van der Waals surface area contributed by atoms with Crippen LogP contribution in [0.3, 0.4) is 0 Å². The molecule has 0 bridgehead atoms. The third-order valence-corrected chi connectivity index (χ3v) is 6.32. The standard InChI is InChI=1S/C25H29N3O3/c1-4-16(2)26-23(29)19-13-14-20(15-19)28(3)25(30)18-11-9-17(10-12-18)24-27-21-7-5-6-8-22(21)31-24/h5-12,16,19-20H,4,13-15H2,1-3H3,(H,26,29)/t16-,19-,20+/m0/s1. The summed E-state index contributed by atoms with van der Waals surface area (Å²) in [5.41, 5.74) is 3.00.